The molecule has 2 aromatic rings. The molecule has 31 heavy (non-hydrogen) atoms. The zero-order valence-corrected chi connectivity index (χ0v) is 19.3. The zero-order valence-electron chi connectivity index (χ0n) is 16.9. The molecule has 0 aromatic heterocycles. The number of rotatable bonds is 5. The maximum absolute atomic E-state index is 12.8. The molecule has 0 saturated carbocycles. The fourth-order valence-corrected chi connectivity index (χ4v) is 7.96. The van der Waals surface area contributed by atoms with E-state index in [0.717, 1.165) is 5.56 Å². The average Bonchev–Trinajstić information content (AvgIpc) is 3.19. The molecule has 0 N–H and O–H groups in total. The van der Waals surface area contributed by atoms with Crippen LogP contribution in [0.3, 0.4) is 0 Å². The van der Waals surface area contributed by atoms with Gasteiger partial charge in [-0.1, -0.05) is 41.6 Å². The number of ether oxygens (including phenoxy) is 2. The number of carbonyl (C=O) groups excluding carboxylic acids is 1. The minimum atomic E-state index is -3.15. The first-order chi connectivity index (χ1) is 14.8. The smallest absolute Gasteiger partial charge is 0.252 e. The Morgan fingerprint density at radius 1 is 1.16 bits per heavy atom. The number of sulfone groups is 1. The monoisotopic (exact) mass is 480 g/mol. The van der Waals surface area contributed by atoms with Crippen molar-refractivity contribution in [3.05, 3.63) is 53.1 Å². The minimum absolute atomic E-state index is 0.0127. The lowest BCUT2D eigenvalue weighted by atomic mass is 10.1. The predicted molar refractivity (Wildman–Crippen MR) is 123 cm³/mol. The second-order valence-electron chi connectivity index (χ2n) is 7.28. The van der Waals surface area contributed by atoms with E-state index >= 15 is 0 Å². The lowest BCUT2D eigenvalue weighted by Crippen LogP contribution is -2.38. The normalized spacial score (nSPS) is 23.1. The highest BCUT2D eigenvalue weighted by atomic mass is 35.5. The zero-order chi connectivity index (χ0) is 22.2. The van der Waals surface area contributed by atoms with Crippen molar-refractivity contribution in [3.63, 3.8) is 0 Å². The van der Waals surface area contributed by atoms with E-state index < -0.39 is 9.84 Å². The van der Waals surface area contributed by atoms with E-state index in [-0.39, 0.29) is 35.1 Å². The summed E-state index contributed by atoms with van der Waals surface area (Å²) in [5.41, 5.74) is 1.39. The molecule has 2 saturated heterocycles. The SMILES string of the molecule is COc1ccc(CC(=O)N=C2S[C@@H]3CS(=O)(=O)C[C@H]3N2c2ccccc2Cl)cc1OC. The van der Waals surface area contributed by atoms with E-state index in [1.807, 2.05) is 12.1 Å². The molecule has 2 atom stereocenters. The second-order valence-corrected chi connectivity index (χ2v) is 11.0. The first-order valence-electron chi connectivity index (χ1n) is 9.54. The number of amides is 1. The van der Waals surface area contributed by atoms with Gasteiger partial charge < -0.3 is 14.4 Å². The number of hydrogen-bond acceptors (Lipinski definition) is 6. The van der Waals surface area contributed by atoms with Crippen LogP contribution in [0.4, 0.5) is 5.69 Å². The highest BCUT2D eigenvalue weighted by Crippen LogP contribution is 2.43. The largest absolute Gasteiger partial charge is 0.493 e. The molecule has 0 spiro atoms. The highest BCUT2D eigenvalue weighted by Gasteiger charge is 2.49. The van der Waals surface area contributed by atoms with Crippen LogP contribution in [0.15, 0.2) is 47.5 Å². The molecule has 0 radical (unpaired) electrons. The summed E-state index contributed by atoms with van der Waals surface area (Å²) in [6, 6.07) is 12.1. The van der Waals surface area contributed by atoms with Gasteiger partial charge in [0.1, 0.15) is 0 Å². The summed E-state index contributed by atoms with van der Waals surface area (Å²) in [6.45, 7) is 0. The fraction of sp³-hybridized carbons (Fsp3) is 0.333. The van der Waals surface area contributed by atoms with Crippen molar-refractivity contribution in [2.45, 2.75) is 17.7 Å². The number of hydrogen-bond donors (Lipinski definition) is 0. The third-order valence-electron chi connectivity index (χ3n) is 5.20. The Hall–Kier alpha value is -2.23. The molecule has 0 aliphatic carbocycles. The van der Waals surface area contributed by atoms with E-state index in [9.17, 15) is 13.2 Å². The molecule has 2 fully saturated rings. The van der Waals surface area contributed by atoms with Gasteiger partial charge in [0.15, 0.2) is 26.5 Å². The van der Waals surface area contributed by atoms with Crippen molar-refractivity contribution < 1.29 is 22.7 Å². The molecule has 0 unspecified atom stereocenters. The summed E-state index contributed by atoms with van der Waals surface area (Å²) in [7, 11) is -0.0625. The third kappa shape index (κ3) is 4.53. The van der Waals surface area contributed by atoms with Crippen LogP contribution in [-0.2, 0) is 21.1 Å². The van der Waals surface area contributed by atoms with Crippen molar-refractivity contribution in [1.29, 1.82) is 0 Å². The van der Waals surface area contributed by atoms with E-state index in [1.54, 1.807) is 42.3 Å². The van der Waals surface area contributed by atoms with Crippen molar-refractivity contribution in [2.75, 3.05) is 30.6 Å². The number of fused-ring (bicyclic) bond motifs is 1. The summed E-state index contributed by atoms with van der Waals surface area (Å²) in [5.74, 6) is 0.850. The maximum atomic E-state index is 12.8. The molecule has 2 aliphatic heterocycles. The van der Waals surface area contributed by atoms with Gasteiger partial charge in [-0.15, -0.1) is 0 Å². The lowest BCUT2D eigenvalue weighted by molar-refractivity contribution is -0.117. The van der Waals surface area contributed by atoms with Crippen LogP contribution in [0.2, 0.25) is 5.02 Å². The number of amidine groups is 1. The van der Waals surface area contributed by atoms with Gasteiger partial charge in [-0.3, -0.25) is 4.79 Å². The molecule has 4 rings (SSSR count). The maximum Gasteiger partial charge on any atom is 0.252 e. The van der Waals surface area contributed by atoms with Crippen LogP contribution in [0, 0.1) is 0 Å². The summed E-state index contributed by atoms with van der Waals surface area (Å²) >= 11 is 7.71. The topological polar surface area (TPSA) is 85.3 Å². The quantitative estimate of drug-likeness (QED) is 0.649. The first-order valence-corrected chi connectivity index (χ1v) is 12.6. The van der Waals surface area contributed by atoms with Crippen LogP contribution < -0.4 is 14.4 Å². The van der Waals surface area contributed by atoms with Gasteiger partial charge in [0, 0.05) is 5.25 Å². The fourth-order valence-electron chi connectivity index (χ4n) is 3.80. The number of methoxy groups -OCH3 is 2. The number of nitrogens with zero attached hydrogens (tertiary/aromatic N) is 2. The number of halogens is 1. The second kappa shape index (κ2) is 8.72. The Morgan fingerprint density at radius 2 is 1.90 bits per heavy atom. The summed E-state index contributed by atoms with van der Waals surface area (Å²) < 4.78 is 34.9. The Kier molecular flexibility index (Phi) is 6.18. The Balaban J connectivity index is 1.63. The molecular formula is C21H21ClN2O5S2. The summed E-state index contributed by atoms with van der Waals surface area (Å²) in [6.07, 6.45) is 0.0778. The van der Waals surface area contributed by atoms with Gasteiger partial charge >= 0.3 is 0 Å². The van der Waals surface area contributed by atoms with Crippen molar-refractivity contribution in [2.24, 2.45) is 4.99 Å². The Labute approximate surface area is 190 Å². The van der Waals surface area contributed by atoms with Gasteiger partial charge in [0.2, 0.25) is 0 Å². The third-order valence-corrected chi connectivity index (χ3v) is 8.73. The van der Waals surface area contributed by atoms with Crippen molar-refractivity contribution in [3.8, 4) is 11.5 Å². The van der Waals surface area contributed by atoms with Gasteiger partial charge in [0.05, 0.1) is 48.9 Å². The summed E-state index contributed by atoms with van der Waals surface area (Å²) in [4.78, 5) is 18.9. The molecule has 10 heteroatoms. The van der Waals surface area contributed by atoms with Crippen LogP contribution >= 0.6 is 23.4 Å². The van der Waals surface area contributed by atoms with Crippen LogP contribution in [-0.4, -0.2) is 56.5 Å². The predicted octanol–water partition coefficient (Wildman–Crippen LogP) is 3.20. The highest BCUT2D eigenvalue weighted by molar-refractivity contribution is 8.16. The standard InChI is InChI=1S/C21H21ClN2O5S2/c1-28-17-8-7-13(9-18(17)29-2)10-20(25)23-21-24(15-6-4-3-5-14(15)22)16-11-31(26,27)12-19(16)30-21/h3-9,16,19H,10-12H2,1-2H3/t16-,19-/m1/s1. The van der Waals surface area contributed by atoms with Crippen molar-refractivity contribution in [1.82, 2.24) is 0 Å². The minimum Gasteiger partial charge on any atom is -0.493 e. The molecule has 2 heterocycles. The van der Waals surface area contributed by atoms with Gasteiger partial charge in [0.25, 0.3) is 5.91 Å². The first kappa shape index (κ1) is 22.0. The lowest BCUT2D eigenvalue weighted by Gasteiger charge is -2.25. The molecule has 7 nitrogen and oxygen atoms in total. The Bertz CT molecular complexity index is 1150. The van der Waals surface area contributed by atoms with Crippen LogP contribution in [0.1, 0.15) is 5.56 Å². The van der Waals surface area contributed by atoms with Crippen LogP contribution in [0.25, 0.3) is 0 Å². The van der Waals surface area contributed by atoms with E-state index in [0.29, 0.717) is 27.4 Å². The summed E-state index contributed by atoms with van der Waals surface area (Å²) in [5, 5.41) is 0.769. The number of carbonyl (C=O) groups is 1. The Morgan fingerprint density at radius 3 is 2.61 bits per heavy atom. The van der Waals surface area contributed by atoms with Gasteiger partial charge in [-0.05, 0) is 29.8 Å². The van der Waals surface area contributed by atoms with E-state index in [2.05, 4.69) is 4.99 Å². The number of aliphatic imine (C=N–C) groups is 1. The number of thioether (sulfide) groups is 1. The van der Waals surface area contributed by atoms with Gasteiger partial charge in [-0.2, -0.15) is 4.99 Å². The molecule has 1 amide bonds. The molecular weight excluding hydrogens is 460 g/mol. The molecule has 164 valence electrons. The average molecular weight is 481 g/mol. The van der Waals surface area contributed by atoms with Crippen LogP contribution in [0.5, 0.6) is 11.5 Å². The van der Waals surface area contributed by atoms with E-state index in [4.69, 9.17) is 21.1 Å². The van der Waals surface area contributed by atoms with Crippen molar-refractivity contribution >= 4 is 50.0 Å². The molecule has 2 aromatic carbocycles. The number of para-hydroxylation sites is 1. The molecule has 2 aliphatic rings. The number of anilines is 1. The van der Waals surface area contributed by atoms with E-state index in [1.165, 1.54) is 18.9 Å². The van der Waals surface area contributed by atoms with Gasteiger partial charge in [-0.25, -0.2) is 8.42 Å². The number of benzene rings is 2. The molecule has 0 bridgehead atoms.